The molecule has 1 aromatic rings. The number of aromatic amines is 1. The molecular weight excluding hydrogens is 284 g/mol. The van der Waals surface area contributed by atoms with E-state index in [1.807, 2.05) is 0 Å². The van der Waals surface area contributed by atoms with Gasteiger partial charge in [0.15, 0.2) is 0 Å². The van der Waals surface area contributed by atoms with Crippen molar-refractivity contribution in [3.05, 3.63) is 20.5 Å². The molecule has 0 aromatic carbocycles. The minimum atomic E-state index is 0.0453. The summed E-state index contributed by atoms with van der Waals surface area (Å²) in [5.41, 5.74) is 0.880. The van der Waals surface area contributed by atoms with Crippen LogP contribution in [0.15, 0.2) is 9.27 Å². The summed E-state index contributed by atoms with van der Waals surface area (Å²) in [6.45, 7) is 0.440. The van der Waals surface area contributed by atoms with E-state index >= 15 is 0 Å². The Labute approximate surface area is 109 Å². The zero-order valence-electron chi connectivity index (χ0n) is 10.2. The van der Waals surface area contributed by atoms with Gasteiger partial charge in [-0.3, -0.25) is 9.89 Å². The molecule has 0 bridgehead atoms. The first kappa shape index (κ1) is 12.9. The fourth-order valence-corrected chi connectivity index (χ4v) is 2.89. The Morgan fingerprint density at radius 1 is 1.35 bits per heavy atom. The van der Waals surface area contributed by atoms with Gasteiger partial charge in [0.05, 0.1) is 18.3 Å². The van der Waals surface area contributed by atoms with Gasteiger partial charge in [0.25, 0.3) is 5.56 Å². The van der Waals surface area contributed by atoms with Gasteiger partial charge in [-0.15, -0.1) is 0 Å². The van der Waals surface area contributed by atoms with Crippen molar-refractivity contribution < 1.29 is 4.74 Å². The number of hydrogen-bond acceptors (Lipinski definition) is 2. The normalized spacial score (nSPS) is 18.2. The molecule has 0 saturated heterocycles. The van der Waals surface area contributed by atoms with Crippen molar-refractivity contribution in [3.63, 3.8) is 0 Å². The number of halogens is 1. The summed E-state index contributed by atoms with van der Waals surface area (Å²) in [5.74, 6) is 0. The van der Waals surface area contributed by atoms with Gasteiger partial charge in [-0.2, -0.15) is 0 Å². The molecule has 1 saturated carbocycles. The van der Waals surface area contributed by atoms with E-state index in [0.717, 1.165) is 18.5 Å². The maximum absolute atomic E-state index is 12.1. The molecule has 1 heterocycles. The third kappa shape index (κ3) is 2.83. The molecule has 0 amide bonds. The smallest absolute Gasteiger partial charge is 0.281 e. The average Bonchev–Trinajstić information content (AvgIpc) is 2.56. The van der Waals surface area contributed by atoms with Crippen molar-refractivity contribution in [2.45, 2.75) is 51.2 Å². The molecule has 1 aromatic heterocycles. The molecule has 0 radical (unpaired) electrons. The number of methoxy groups -OCH3 is 1. The summed E-state index contributed by atoms with van der Waals surface area (Å²) in [7, 11) is 1.63. The maximum Gasteiger partial charge on any atom is 0.281 e. The first-order valence-electron chi connectivity index (χ1n) is 6.22. The molecular formula is C12H19BrN2O2. The third-order valence-corrected chi connectivity index (χ3v) is 4.22. The van der Waals surface area contributed by atoms with Crippen LogP contribution in [0, 0.1) is 0 Å². The molecule has 0 unspecified atom stereocenters. The Morgan fingerprint density at radius 2 is 2.00 bits per heavy atom. The highest BCUT2D eigenvalue weighted by Gasteiger charge is 2.19. The Morgan fingerprint density at radius 3 is 2.59 bits per heavy atom. The van der Waals surface area contributed by atoms with Crippen molar-refractivity contribution in [2.24, 2.45) is 0 Å². The lowest BCUT2D eigenvalue weighted by Crippen LogP contribution is -2.22. The lowest BCUT2D eigenvalue weighted by molar-refractivity contribution is 0.179. The molecule has 17 heavy (non-hydrogen) atoms. The Balaban J connectivity index is 2.24. The van der Waals surface area contributed by atoms with E-state index in [0.29, 0.717) is 17.1 Å². The van der Waals surface area contributed by atoms with E-state index in [1.165, 1.54) is 25.7 Å². The van der Waals surface area contributed by atoms with Crippen LogP contribution >= 0.6 is 15.9 Å². The van der Waals surface area contributed by atoms with Gasteiger partial charge in [0, 0.05) is 7.11 Å². The second-order valence-electron chi connectivity index (χ2n) is 4.66. The number of rotatable bonds is 3. The number of nitrogens with one attached hydrogen (secondary N) is 1. The molecule has 1 aliphatic rings. The average molecular weight is 303 g/mol. The molecule has 4 nitrogen and oxygen atoms in total. The Bertz CT molecular complexity index is 417. The van der Waals surface area contributed by atoms with Crippen molar-refractivity contribution >= 4 is 15.9 Å². The van der Waals surface area contributed by atoms with Crippen LogP contribution in [0.5, 0.6) is 0 Å². The van der Waals surface area contributed by atoms with Crippen LogP contribution in [0.3, 0.4) is 0 Å². The van der Waals surface area contributed by atoms with Crippen LogP contribution in [0.4, 0.5) is 0 Å². The second kappa shape index (κ2) is 5.87. The summed E-state index contributed by atoms with van der Waals surface area (Å²) in [6, 6.07) is 0.326. The number of H-pyrrole nitrogens is 1. The highest BCUT2D eigenvalue weighted by atomic mass is 79.9. The van der Waals surface area contributed by atoms with E-state index in [9.17, 15) is 4.79 Å². The van der Waals surface area contributed by atoms with E-state index in [-0.39, 0.29) is 5.56 Å². The van der Waals surface area contributed by atoms with Gasteiger partial charge in [0.2, 0.25) is 0 Å². The largest absolute Gasteiger partial charge is 0.378 e. The molecule has 96 valence electrons. The second-order valence-corrected chi connectivity index (χ2v) is 5.45. The first-order chi connectivity index (χ1) is 8.24. The lowest BCUT2D eigenvalue weighted by Gasteiger charge is -2.14. The van der Waals surface area contributed by atoms with Crippen LogP contribution in [0.25, 0.3) is 0 Å². The summed E-state index contributed by atoms with van der Waals surface area (Å²) in [5, 5.41) is 3.18. The fraction of sp³-hybridized carbons (Fsp3) is 0.750. The van der Waals surface area contributed by atoms with E-state index < -0.39 is 0 Å². The molecule has 0 atom stereocenters. The Hall–Kier alpha value is -0.550. The van der Waals surface area contributed by atoms with E-state index in [1.54, 1.807) is 11.8 Å². The van der Waals surface area contributed by atoms with Gasteiger partial charge in [-0.1, -0.05) is 25.7 Å². The highest BCUT2D eigenvalue weighted by Crippen LogP contribution is 2.26. The number of hydrogen-bond donors (Lipinski definition) is 1. The topological polar surface area (TPSA) is 47.0 Å². The first-order valence-corrected chi connectivity index (χ1v) is 7.01. The van der Waals surface area contributed by atoms with Crippen molar-refractivity contribution in [1.82, 2.24) is 9.78 Å². The lowest BCUT2D eigenvalue weighted by atomic mass is 10.1. The molecule has 1 aliphatic carbocycles. The predicted octanol–water partition coefficient (Wildman–Crippen LogP) is 2.98. The molecule has 1 N–H and O–H groups in total. The maximum atomic E-state index is 12.1. The third-order valence-electron chi connectivity index (χ3n) is 3.41. The quantitative estimate of drug-likeness (QED) is 0.873. The summed E-state index contributed by atoms with van der Waals surface area (Å²) in [6.07, 6.45) is 7.20. The van der Waals surface area contributed by atoms with E-state index in [2.05, 4.69) is 21.0 Å². The zero-order valence-corrected chi connectivity index (χ0v) is 11.8. The monoisotopic (exact) mass is 302 g/mol. The molecule has 0 spiro atoms. The molecule has 2 rings (SSSR count). The van der Waals surface area contributed by atoms with Crippen LogP contribution < -0.4 is 5.56 Å². The number of nitrogens with zero attached hydrogens (tertiary/aromatic N) is 1. The summed E-state index contributed by atoms with van der Waals surface area (Å²) >= 11 is 3.34. The van der Waals surface area contributed by atoms with Gasteiger partial charge in [-0.05, 0) is 28.8 Å². The predicted molar refractivity (Wildman–Crippen MR) is 70.2 cm³/mol. The van der Waals surface area contributed by atoms with Crippen LogP contribution in [0.2, 0.25) is 0 Å². The number of aromatic nitrogens is 2. The van der Waals surface area contributed by atoms with E-state index in [4.69, 9.17) is 4.74 Å². The standard InChI is InChI=1S/C12H19BrN2O2/c1-17-8-10-11(13)12(16)15(14-10)9-6-4-2-3-5-7-9/h9,14H,2-8H2,1H3. The van der Waals surface area contributed by atoms with Crippen LogP contribution in [-0.4, -0.2) is 16.9 Å². The minimum Gasteiger partial charge on any atom is -0.378 e. The van der Waals surface area contributed by atoms with Gasteiger partial charge < -0.3 is 4.74 Å². The van der Waals surface area contributed by atoms with Crippen LogP contribution in [-0.2, 0) is 11.3 Å². The molecule has 0 aliphatic heterocycles. The summed E-state index contributed by atoms with van der Waals surface area (Å²) < 4.78 is 7.47. The van der Waals surface area contributed by atoms with Gasteiger partial charge in [-0.25, -0.2) is 4.68 Å². The van der Waals surface area contributed by atoms with Crippen molar-refractivity contribution in [1.29, 1.82) is 0 Å². The highest BCUT2D eigenvalue weighted by molar-refractivity contribution is 9.10. The Kier molecular flexibility index (Phi) is 4.45. The molecule has 5 heteroatoms. The molecule has 1 fully saturated rings. The van der Waals surface area contributed by atoms with Crippen LogP contribution in [0.1, 0.15) is 50.3 Å². The fourth-order valence-electron chi connectivity index (χ4n) is 2.49. The number of ether oxygens (including phenoxy) is 1. The van der Waals surface area contributed by atoms with Gasteiger partial charge in [0.1, 0.15) is 4.47 Å². The minimum absolute atomic E-state index is 0.0453. The van der Waals surface area contributed by atoms with Crippen molar-refractivity contribution in [3.8, 4) is 0 Å². The SMILES string of the molecule is COCc1[nH]n(C2CCCCCC2)c(=O)c1Br. The summed E-state index contributed by atoms with van der Waals surface area (Å²) in [4.78, 5) is 12.1. The van der Waals surface area contributed by atoms with Crippen molar-refractivity contribution in [2.75, 3.05) is 7.11 Å². The van der Waals surface area contributed by atoms with Gasteiger partial charge >= 0.3 is 0 Å². The zero-order chi connectivity index (χ0) is 12.3.